The molecule has 8 heterocycles. The van der Waals surface area contributed by atoms with Gasteiger partial charge in [-0.25, -0.2) is 15.0 Å². The Morgan fingerprint density at radius 3 is 2.40 bits per heavy atom. The molecular weight excluding hydrogens is 1010 g/mol. The van der Waals surface area contributed by atoms with E-state index in [1.807, 2.05) is 81.9 Å². The third-order valence-electron chi connectivity index (χ3n) is 15.3. The lowest BCUT2D eigenvalue weighted by atomic mass is 9.91. The zero-order valence-electron chi connectivity index (χ0n) is 44.3. The number of aliphatic hydroxyl groups is 1. The van der Waals surface area contributed by atoms with Crippen molar-refractivity contribution in [2.45, 2.75) is 115 Å². The number of thiazole rings is 1. The fourth-order valence-corrected chi connectivity index (χ4v) is 12.0. The number of aryl methyl sites for hydroxylation is 2. The van der Waals surface area contributed by atoms with Gasteiger partial charge in [0.05, 0.1) is 45.8 Å². The summed E-state index contributed by atoms with van der Waals surface area (Å²) in [4.78, 5) is 48.8. The zero-order chi connectivity index (χ0) is 54.0. The summed E-state index contributed by atoms with van der Waals surface area (Å²) in [5, 5.41) is 26.6. The fourth-order valence-electron chi connectivity index (χ4n) is 11.2. The number of nitrogens with two attached hydrogens (primary N) is 1. The van der Waals surface area contributed by atoms with Gasteiger partial charge < -0.3 is 49.6 Å². The molecule has 3 aliphatic heterocycles. The Hall–Kier alpha value is -8.08. The topological polar surface area (TPSA) is 220 Å². The summed E-state index contributed by atoms with van der Waals surface area (Å²) in [6.45, 7) is 11.4. The first kappa shape index (κ1) is 52.0. The molecule has 18 nitrogen and oxygen atoms in total. The second kappa shape index (κ2) is 22.5. The highest BCUT2D eigenvalue weighted by Crippen LogP contribution is 2.40. The average Bonchev–Trinajstić information content (AvgIpc) is 4.31. The molecule has 0 spiro atoms. The maximum absolute atomic E-state index is 14.2. The normalized spacial score (nSPS) is 21.3. The quantitative estimate of drug-likeness (QED) is 0.0778. The van der Waals surface area contributed by atoms with E-state index in [1.54, 1.807) is 29.7 Å². The van der Waals surface area contributed by atoms with Crippen LogP contribution in [0.3, 0.4) is 0 Å². The number of anilines is 3. The van der Waals surface area contributed by atoms with Crippen molar-refractivity contribution in [2.75, 3.05) is 41.8 Å². The number of nitrogens with one attached hydrogen (secondary N) is 1. The van der Waals surface area contributed by atoms with Crippen molar-refractivity contribution in [1.82, 2.24) is 40.5 Å². The zero-order valence-corrected chi connectivity index (χ0v) is 45.1. The number of rotatable bonds is 16. The van der Waals surface area contributed by atoms with Crippen LogP contribution in [0.15, 0.2) is 107 Å². The number of pyridine rings is 2. The Labute approximate surface area is 457 Å². The van der Waals surface area contributed by atoms with Gasteiger partial charge in [0.15, 0.2) is 18.2 Å². The number of hydrogen-bond donors (Lipinski definition) is 3. The molecule has 2 bridgehead atoms. The molecule has 4 aliphatic rings. The number of piperazine rings is 1. The van der Waals surface area contributed by atoms with Crippen LogP contribution >= 0.6 is 11.3 Å². The number of aliphatic hydroxyl groups excluding tert-OH is 1. The number of carbonyl (C=O) groups is 2. The van der Waals surface area contributed by atoms with Gasteiger partial charge in [-0.1, -0.05) is 68.3 Å². The first-order valence-electron chi connectivity index (χ1n) is 26.7. The van der Waals surface area contributed by atoms with Crippen molar-refractivity contribution in [1.29, 1.82) is 0 Å². The lowest BCUT2D eigenvalue weighted by Gasteiger charge is -2.43. The van der Waals surface area contributed by atoms with E-state index in [4.69, 9.17) is 24.5 Å². The molecule has 4 fully saturated rings. The number of nitrogen functional groups attached to an aromatic ring is 1. The number of ether oxygens (including phenoxy) is 3. The molecule has 0 radical (unpaired) electrons. The Balaban J connectivity index is 0.627. The number of fused-ring (bicyclic) bond motifs is 2. The molecule has 19 heteroatoms. The predicted molar refractivity (Wildman–Crippen MR) is 296 cm³/mol. The summed E-state index contributed by atoms with van der Waals surface area (Å²) in [7, 11) is 0. The van der Waals surface area contributed by atoms with Crippen molar-refractivity contribution in [3.63, 3.8) is 0 Å². The Morgan fingerprint density at radius 2 is 1.67 bits per heavy atom. The lowest BCUT2D eigenvalue weighted by Crippen LogP contribution is -2.54. The third-order valence-corrected chi connectivity index (χ3v) is 16.3. The summed E-state index contributed by atoms with van der Waals surface area (Å²) in [6, 6.07) is 27.1. The smallest absolute Gasteiger partial charge is 0.255 e. The van der Waals surface area contributed by atoms with E-state index in [0.29, 0.717) is 41.0 Å². The maximum atomic E-state index is 14.2. The van der Waals surface area contributed by atoms with E-state index in [-0.39, 0.29) is 61.4 Å². The molecule has 5 aromatic heterocycles. The van der Waals surface area contributed by atoms with Gasteiger partial charge in [-0.2, -0.15) is 0 Å². The first-order valence-corrected chi connectivity index (χ1v) is 27.5. The number of amides is 2. The molecule has 1 saturated carbocycles. The van der Waals surface area contributed by atoms with Crippen molar-refractivity contribution in [2.24, 2.45) is 5.92 Å². The number of carbonyl (C=O) groups excluding carboxylic acids is 2. The van der Waals surface area contributed by atoms with Gasteiger partial charge in [-0.15, -0.1) is 21.5 Å². The second-order valence-corrected chi connectivity index (χ2v) is 21.9. The summed E-state index contributed by atoms with van der Waals surface area (Å²) in [5.74, 6) is 6.47. The van der Waals surface area contributed by atoms with Crippen LogP contribution in [0.1, 0.15) is 93.1 Å². The molecular formula is C59H63N11O7S. The minimum absolute atomic E-state index is 0.00650. The molecule has 2 amide bonds. The number of β-amino-alcohol motifs (C(OH)–C–C–N with tert-alkyl or cyclic N) is 1. The van der Waals surface area contributed by atoms with E-state index in [0.717, 1.165) is 88.7 Å². The molecule has 402 valence electrons. The SMILES string of the molecule is Cc1ccccc1-c1cc(N2CC3CCC(C2)N3c2ccnc(OC3CC(Oc4ccc(C#CCOc5cc(C(C(=O)N6C[C@H](O)C[C@H]6C(=O)N[C@@H](C)c6ccc(-c7scnc7C)cc6)C(C)C)on5)nc4)C3)c2)c(N)nn1. The summed E-state index contributed by atoms with van der Waals surface area (Å²) in [5.41, 5.74) is 16.8. The van der Waals surface area contributed by atoms with Crippen molar-refractivity contribution in [3.8, 4) is 51.0 Å². The van der Waals surface area contributed by atoms with Gasteiger partial charge in [0.2, 0.25) is 17.7 Å². The van der Waals surface area contributed by atoms with E-state index in [1.165, 1.54) is 4.90 Å². The molecule has 3 saturated heterocycles. The first-order chi connectivity index (χ1) is 37.8. The molecule has 6 atom stereocenters. The highest BCUT2D eigenvalue weighted by atomic mass is 32.1. The number of benzene rings is 2. The van der Waals surface area contributed by atoms with Crippen molar-refractivity contribution < 1.29 is 33.4 Å². The Bertz CT molecular complexity index is 3320. The lowest BCUT2D eigenvalue weighted by molar-refractivity contribution is -0.141. The number of nitrogens with zero attached hydrogens (tertiary/aromatic N) is 9. The highest BCUT2D eigenvalue weighted by molar-refractivity contribution is 7.13. The summed E-state index contributed by atoms with van der Waals surface area (Å²) >= 11 is 1.58. The third kappa shape index (κ3) is 11.2. The standard InChI is InChI=1S/C59H63N11O7S/c1-34(2)55(59(73)69-32-44(71)24-51(69)58(72)64-36(4)38-12-14-39(15-13-38)56-37(5)63-33-78-56)52-28-54(67-77-52)74-22-8-10-40-16-19-45(29-62-40)75-46-25-47(26-46)76-53-23-41(20-21-61-53)70-42-17-18-43(70)31-68(30-42)50-27-49(65-66-57(50)60)48-11-7-6-9-35(48)3/h6-7,9,11-16,19-21,23,27-29,33-34,36,42-44,46-47,51,55,71H,17-18,22,24-26,30-32H2,1-5H3,(H2,60,66)(H,64,72)/t36-,42?,43?,44+,46?,47?,51-,55?/m0/s1. The van der Waals surface area contributed by atoms with Crippen LogP contribution in [0.2, 0.25) is 0 Å². The van der Waals surface area contributed by atoms with Gasteiger partial charge in [0.1, 0.15) is 35.6 Å². The van der Waals surface area contributed by atoms with Gasteiger partial charge in [0, 0.05) is 80.6 Å². The van der Waals surface area contributed by atoms with Gasteiger partial charge in [-0.05, 0) is 91.6 Å². The molecule has 2 aromatic carbocycles. The van der Waals surface area contributed by atoms with Crippen LogP contribution < -0.4 is 35.1 Å². The molecule has 11 rings (SSSR count). The van der Waals surface area contributed by atoms with Crippen LogP contribution in [-0.4, -0.2) is 115 Å². The number of aromatic nitrogens is 6. The maximum Gasteiger partial charge on any atom is 0.255 e. The molecule has 78 heavy (non-hydrogen) atoms. The average molecular weight is 1070 g/mol. The summed E-state index contributed by atoms with van der Waals surface area (Å²) in [6.07, 6.45) is 6.36. The van der Waals surface area contributed by atoms with Crippen molar-refractivity contribution in [3.05, 3.63) is 131 Å². The second-order valence-electron chi connectivity index (χ2n) is 21.1. The van der Waals surface area contributed by atoms with Crippen LogP contribution in [0, 0.1) is 31.6 Å². The molecule has 1 aliphatic carbocycles. The van der Waals surface area contributed by atoms with Gasteiger partial charge in [-0.3, -0.25) is 9.59 Å². The van der Waals surface area contributed by atoms with Crippen molar-refractivity contribution >= 4 is 40.3 Å². The molecule has 7 aromatic rings. The van der Waals surface area contributed by atoms with Crippen LogP contribution in [0.4, 0.5) is 17.2 Å². The minimum atomic E-state index is -0.856. The number of likely N-dealkylation sites (tertiary alicyclic amines) is 1. The fraction of sp³-hybridized carbons (Fsp3) is 0.390. The van der Waals surface area contributed by atoms with Crippen LogP contribution in [0.5, 0.6) is 17.5 Å². The highest BCUT2D eigenvalue weighted by Gasteiger charge is 2.44. The Morgan fingerprint density at radius 1 is 0.885 bits per heavy atom. The number of hydrogen-bond acceptors (Lipinski definition) is 17. The predicted octanol–water partition coefficient (Wildman–Crippen LogP) is 8.10. The van der Waals surface area contributed by atoms with Crippen LogP contribution in [0.25, 0.3) is 21.7 Å². The minimum Gasteiger partial charge on any atom is -0.489 e. The largest absolute Gasteiger partial charge is 0.489 e. The van der Waals surface area contributed by atoms with E-state index >= 15 is 0 Å². The van der Waals surface area contributed by atoms with Gasteiger partial charge >= 0.3 is 0 Å². The van der Waals surface area contributed by atoms with Gasteiger partial charge in [0.25, 0.3) is 5.88 Å². The van der Waals surface area contributed by atoms with E-state index < -0.39 is 18.1 Å². The monoisotopic (exact) mass is 1070 g/mol. The summed E-state index contributed by atoms with van der Waals surface area (Å²) < 4.78 is 24.0. The Kier molecular flexibility index (Phi) is 15.0. The molecule has 3 unspecified atom stereocenters. The van der Waals surface area contributed by atoms with E-state index in [9.17, 15) is 14.7 Å². The van der Waals surface area contributed by atoms with Crippen LogP contribution in [-0.2, 0) is 9.59 Å². The van der Waals surface area contributed by atoms with E-state index in [2.05, 4.69) is 94.5 Å². The molecule has 4 N–H and O–H groups in total.